The summed E-state index contributed by atoms with van der Waals surface area (Å²) in [5.74, 6) is 0.203. The first-order chi connectivity index (χ1) is 9.19. The predicted octanol–water partition coefficient (Wildman–Crippen LogP) is 1.82. The van der Waals surface area contributed by atoms with Gasteiger partial charge in [0.05, 0.1) is 0 Å². The smallest absolute Gasteiger partial charge is 0.251 e. The molecule has 1 fully saturated rings. The molecule has 19 heavy (non-hydrogen) atoms. The van der Waals surface area contributed by atoms with Crippen LogP contribution in [0.1, 0.15) is 35.2 Å². The molecule has 0 atom stereocenters. The molecule has 102 valence electrons. The molecular weight excluding hydrogens is 264 g/mol. The molecule has 0 saturated heterocycles. The van der Waals surface area contributed by atoms with Crippen molar-refractivity contribution in [3.05, 3.63) is 35.4 Å². The average molecular weight is 281 g/mol. The number of nitrogens with one attached hydrogen (secondary N) is 2. The van der Waals surface area contributed by atoms with Gasteiger partial charge in [0.1, 0.15) is 0 Å². The zero-order valence-corrected chi connectivity index (χ0v) is 11.4. The van der Waals surface area contributed by atoms with E-state index >= 15 is 0 Å². The van der Waals surface area contributed by atoms with Gasteiger partial charge in [0.2, 0.25) is 5.91 Å². The summed E-state index contributed by atoms with van der Waals surface area (Å²) in [6.45, 7) is 0.350. The number of halogens is 1. The van der Waals surface area contributed by atoms with Gasteiger partial charge in [-0.25, -0.2) is 0 Å². The van der Waals surface area contributed by atoms with E-state index in [-0.39, 0.29) is 11.8 Å². The van der Waals surface area contributed by atoms with Gasteiger partial charge in [0.15, 0.2) is 0 Å². The van der Waals surface area contributed by atoms with E-state index in [2.05, 4.69) is 10.6 Å². The number of alkyl halides is 1. The monoisotopic (exact) mass is 280 g/mol. The normalized spacial score (nSPS) is 13.9. The third-order valence-electron chi connectivity index (χ3n) is 2.92. The highest BCUT2D eigenvalue weighted by Crippen LogP contribution is 2.18. The topological polar surface area (TPSA) is 58.2 Å². The molecule has 1 saturated carbocycles. The fourth-order valence-corrected chi connectivity index (χ4v) is 1.88. The molecular formula is C14H17ClN2O2. The van der Waals surface area contributed by atoms with Crippen molar-refractivity contribution in [2.75, 3.05) is 6.54 Å². The molecule has 5 heteroatoms. The van der Waals surface area contributed by atoms with Crippen molar-refractivity contribution in [2.24, 2.45) is 0 Å². The molecule has 2 amide bonds. The van der Waals surface area contributed by atoms with Gasteiger partial charge >= 0.3 is 0 Å². The van der Waals surface area contributed by atoms with Crippen LogP contribution in [0.2, 0.25) is 0 Å². The van der Waals surface area contributed by atoms with Crippen LogP contribution in [-0.2, 0) is 10.7 Å². The number of carbonyl (C=O) groups excluding carboxylic acids is 2. The van der Waals surface area contributed by atoms with Crippen LogP contribution in [0.15, 0.2) is 24.3 Å². The van der Waals surface area contributed by atoms with Crippen LogP contribution >= 0.6 is 11.6 Å². The van der Waals surface area contributed by atoms with Gasteiger partial charge in [-0.3, -0.25) is 9.59 Å². The Labute approximate surface area is 117 Å². The number of hydrogen-bond acceptors (Lipinski definition) is 2. The van der Waals surface area contributed by atoms with Crippen molar-refractivity contribution in [3.8, 4) is 0 Å². The fraction of sp³-hybridized carbons (Fsp3) is 0.429. The predicted molar refractivity (Wildman–Crippen MR) is 74.1 cm³/mol. The molecule has 1 aliphatic rings. The zero-order chi connectivity index (χ0) is 13.7. The molecule has 0 radical (unpaired) electrons. The second-order valence-electron chi connectivity index (χ2n) is 4.68. The zero-order valence-electron chi connectivity index (χ0n) is 10.6. The minimum absolute atomic E-state index is 0.00249. The van der Waals surface area contributed by atoms with Crippen molar-refractivity contribution < 1.29 is 9.59 Å². The lowest BCUT2D eigenvalue weighted by atomic mass is 10.1. The standard InChI is InChI=1S/C14H17ClN2O2/c15-9-10-2-1-3-11(8-10)14(19)16-7-6-13(18)17-12-4-5-12/h1-3,8,12H,4-7,9H2,(H,16,19)(H,17,18). The SMILES string of the molecule is O=C(CCNC(=O)c1cccc(CCl)c1)NC1CC1. The Morgan fingerprint density at radius 1 is 1.32 bits per heavy atom. The minimum atomic E-state index is -0.175. The molecule has 0 unspecified atom stereocenters. The van der Waals surface area contributed by atoms with Gasteiger partial charge < -0.3 is 10.6 Å². The van der Waals surface area contributed by atoms with Crippen LogP contribution in [0.4, 0.5) is 0 Å². The third kappa shape index (κ3) is 4.56. The fourth-order valence-electron chi connectivity index (χ4n) is 1.71. The summed E-state index contributed by atoms with van der Waals surface area (Å²) in [5, 5.41) is 5.61. The lowest BCUT2D eigenvalue weighted by molar-refractivity contribution is -0.121. The van der Waals surface area contributed by atoms with Gasteiger partial charge in [-0.15, -0.1) is 11.6 Å². The van der Waals surface area contributed by atoms with Crippen LogP contribution in [0.5, 0.6) is 0 Å². The molecule has 0 heterocycles. The van der Waals surface area contributed by atoms with Gasteiger partial charge in [0.25, 0.3) is 5.91 Å². The number of amides is 2. The Balaban J connectivity index is 1.75. The van der Waals surface area contributed by atoms with Gasteiger partial charge in [0, 0.05) is 30.5 Å². The first-order valence-corrected chi connectivity index (χ1v) is 6.95. The molecule has 1 aliphatic carbocycles. The van der Waals surface area contributed by atoms with E-state index in [4.69, 9.17) is 11.6 Å². The summed E-state index contributed by atoms with van der Waals surface area (Å²) in [5.41, 5.74) is 1.47. The summed E-state index contributed by atoms with van der Waals surface area (Å²) in [4.78, 5) is 23.3. The van der Waals surface area contributed by atoms with E-state index < -0.39 is 0 Å². The minimum Gasteiger partial charge on any atom is -0.353 e. The number of hydrogen-bond donors (Lipinski definition) is 2. The van der Waals surface area contributed by atoms with Crippen LogP contribution in [0.3, 0.4) is 0 Å². The highest BCUT2D eigenvalue weighted by Gasteiger charge is 2.22. The highest BCUT2D eigenvalue weighted by molar-refractivity contribution is 6.17. The Hall–Kier alpha value is -1.55. The van der Waals surface area contributed by atoms with Crippen molar-refractivity contribution >= 4 is 23.4 Å². The third-order valence-corrected chi connectivity index (χ3v) is 3.23. The van der Waals surface area contributed by atoms with Crippen molar-refractivity contribution in [1.29, 1.82) is 0 Å². The van der Waals surface area contributed by atoms with Crippen LogP contribution < -0.4 is 10.6 Å². The van der Waals surface area contributed by atoms with E-state index in [1.165, 1.54) is 0 Å². The maximum atomic E-state index is 11.8. The van der Waals surface area contributed by atoms with Gasteiger partial charge in [-0.2, -0.15) is 0 Å². The highest BCUT2D eigenvalue weighted by atomic mass is 35.5. The van der Waals surface area contributed by atoms with Crippen LogP contribution in [-0.4, -0.2) is 24.4 Å². The van der Waals surface area contributed by atoms with E-state index in [1.54, 1.807) is 18.2 Å². The largest absolute Gasteiger partial charge is 0.353 e. The molecule has 1 aromatic carbocycles. The quantitative estimate of drug-likeness (QED) is 0.781. The Morgan fingerprint density at radius 3 is 2.79 bits per heavy atom. The Morgan fingerprint density at radius 2 is 2.11 bits per heavy atom. The van der Waals surface area contributed by atoms with Gasteiger partial charge in [-0.1, -0.05) is 12.1 Å². The molecule has 0 aliphatic heterocycles. The molecule has 0 aromatic heterocycles. The van der Waals surface area contributed by atoms with Crippen LogP contribution in [0.25, 0.3) is 0 Å². The first kappa shape index (κ1) is 13.9. The lowest BCUT2D eigenvalue weighted by Gasteiger charge is -2.06. The van der Waals surface area contributed by atoms with Gasteiger partial charge in [-0.05, 0) is 30.5 Å². The number of rotatable bonds is 6. The van der Waals surface area contributed by atoms with Crippen molar-refractivity contribution in [1.82, 2.24) is 10.6 Å². The molecule has 0 bridgehead atoms. The lowest BCUT2D eigenvalue weighted by Crippen LogP contribution is -2.31. The Bertz CT molecular complexity index is 472. The summed E-state index contributed by atoms with van der Waals surface area (Å²) < 4.78 is 0. The van der Waals surface area contributed by atoms with E-state index in [0.717, 1.165) is 18.4 Å². The average Bonchev–Trinajstić information content (AvgIpc) is 3.22. The van der Waals surface area contributed by atoms with Crippen molar-refractivity contribution in [2.45, 2.75) is 31.2 Å². The van der Waals surface area contributed by atoms with Crippen LogP contribution in [0, 0.1) is 0 Å². The molecule has 1 aromatic rings. The summed E-state index contributed by atoms with van der Waals surface area (Å²) in [6, 6.07) is 7.52. The Kier molecular flexibility index (Phi) is 4.80. The summed E-state index contributed by atoms with van der Waals surface area (Å²) >= 11 is 5.72. The first-order valence-electron chi connectivity index (χ1n) is 6.41. The second-order valence-corrected chi connectivity index (χ2v) is 4.95. The van der Waals surface area contributed by atoms with Crippen molar-refractivity contribution in [3.63, 3.8) is 0 Å². The molecule has 4 nitrogen and oxygen atoms in total. The maximum Gasteiger partial charge on any atom is 0.251 e. The molecule has 2 rings (SSSR count). The molecule has 2 N–H and O–H groups in total. The van der Waals surface area contributed by atoms with E-state index in [0.29, 0.717) is 30.5 Å². The number of benzene rings is 1. The summed E-state index contributed by atoms with van der Waals surface area (Å²) in [7, 11) is 0. The number of carbonyl (C=O) groups is 2. The van der Waals surface area contributed by atoms with E-state index in [1.807, 2.05) is 6.07 Å². The maximum absolute atomic E-state index is 11.8. The van der Waals surface area contributed by atoms with E-state index in [9.17, 15) is 9.59 Å². The second kappa shape index (κ2) is 6.57. The summed E-state index contributed by atoms with van der Waals surface area (Å²) in [6.07, 6.45) is 2.46. The molecule has 0 spiro atoms.